The highest BCUT2D eigenvalue weighted by atomic mass is 16.5. The monoisotopic (exact) mass is 524 g/mol. The lowest BCUT2D eigenvalue weighted by atomic mass is 10.1. The topological polar surface area (TPSA) is 111 Å². The maximum atomic E-state index is 12.4. The Bertz CT molecular complexity index is 1040. The molecule has 2 rings (SSSR count). The van der Waals surface area contributed by atoms with Crippen LogP contribution in [0.15, 0.2) is 48.5 Å². The van der Waals surface area contributed by atoms with Crippen LogP contribution >= 0.6 is 0 Å². The number of anilines is 2. The van der Waals surface area contributed by atoms with Gasteiger partial charge in [0.1, 0.15) is 0 Å². The summed E-state index contributed by atoms with van der Waals surface area (Å²) in [4.78, 5) is 48.6. The molecule has 0 heterocycles. The first kappa shape index (κ1) is 30.5. The van der Waals surface area contributed by atoms with E-state index in [0.29, 0.717) is 23.4 Å². The van der Waals surface area contributed by atoms with Crippen LogP contribution in [0.1, 0.15) is 98.8 Å². The van der Waals surface area contributed by atoms with E-state index in [0.717, 1.165) is 19.3 Å². The third kappa shape index (κ3) is 12.0. The highest BCUT2D eigenvalue weighted by Crippen LogP contribution is 2.15. The molecule has 2 amide bonds. The van der Waals surface area contributed by atoms with Crippen molar-refractivity contribution in [2.24, 2.45) is 0 Å². The van der Waals surface area contributed by atoms with Crippen molar-refractivity contribution in [1.29, 1.82) is 0 Å². The minimum Gasteiger partial charge on any atom is -0.462 e. The average Bonchev–Trinajstić information content (AvgIpc) is 2.91. The second-order valence-corrected chi connectivity index (χ2v) is 9.13. The molecule has 206 valence electrons. The minimum absolute atomic E-state index is 0.0909. The number of hydrogen-bond acceptors (Lipinski definition) is 6. The largest absolute Gasteiger partial charge is 0.462 e. The van der Waals surface area contributed by atoms with Crippen LogP contribution in [0.3, 0.4) is 0 Å². The molecule has 0 radical (unpaired) electrons. The van der Waals surface area contributed by atoms with E-state index in [9.17, 15) is 19.2 Å². The van der Waals surface area contributed by atoms with Gasteiger partial charge in [0.2, 0.25) is 5.91 Å². The number of amides is 2. The number of esters is 2. The summed E-state index contributed by atoms with van der Waals surface area (Å²) in [6, 6.07) is 12.6. The molecule has 0 aliphatic rings. The first-order chi connectivity index (χ1) is 18.4. The zero-order valence-electron chi connectivity index (χ0n) is 22.6. The van der Waals surface area contributed by atoms with E-state index in [4.69, 9.17) is 9.47 Å². The molecule has 0 atom stereocenters. The lowest BCUT2D eigenvalue weighted by Crippen LogP contribution is -2.21. The number of hydrogen-bond donors (Lipinski definition) is 2. The van der Waals surface area contributed by atoms with Crippen LogP contribution in [0.25, 0.3) is 0 Å². The molecule has 0 fully saturated rings. The highest BCUT2D eigenvalue weighted by Gasteiger charge is 2.13. The fraction of sp³-hybridized carbons (Fsp3) is 0.467. The molecule has 38 heavy (non-hydrogen) atoms. The second-order valence-electron chi connectivity index (χ2n) is 9.13. The molecule has 0 spiro atoms. The van der Waals surface area contributed by atoms with Gasteiger partial charge in [-0.05, 0) is 55.8 Å². The van der Waals surface area contributed by atoms with Gasteiger partial charge in [-0.3, -0.25) is 9.59 Å². The number of ether oxygens (including phenoxy) is 2. The fourth-order valence-corrected chi connectivity index (χ4v) is 3.86. The van der Waals surface area contributed by atoms with Crippen LogP contribution in [0.2, 0.25) is 0 Å². The summed E-state index contributed by atoms with van der Waals surface area (Å²) in [5.74, 6) is -1.73. The molecular formula is C30H40N2O6. The lowest BCUT2D eigenvalue weighted by molar-refractivity contribution is -0.119. The van der Waals surface area contributed by atoms with E-state index in [1.807, 2.05) is 0 Å². The molecule has 0 aliphatic carbocycles. The summed E-state index contributed by atoms with van der Waals surface area (Å²) < 4.78 is 10.0. The zero-order chi connectivity index (χ0) is 27.6. The number of carbonyl (C=O) groups is 4. The Labute approximate surface area is 225 Å². The molecule has 2 aromatic carbocycles. The van der Waals surface area contributed by atoms with E-state index in [-0.39, 0.29) is 18.1 Å². The van der Waals surface area contributed by atoms with E-state index in [2.05, 4.69) is 17.6 Å². The summed E-state index contributed by atoms with van der Waals surface area (Å²) in [6.45, 7) is 3.73. The molecule has 2 N–H and O–H groups in total. The van der Waals surface area contributed by atoms with Gasteiger partial charge in [-0.1, -0.05) is 64.4 Å². The van der Waals surface area contributed by atoms with Gasteiger partial charge < -0.3 is 20.1 Å². The zero-order valence-corrected chi connectivity index (χ0v) is 22.6. The number of benzene rings is 2. The summed E-state index contributed by atoms with van der Waals surface area (Å²) in [5.41, 5.74) is 1.57. The minimum atomic E-state index is -0.673. The van der Waals surface area contributed by atoms with Crippen molar-refractivity contribution in [3.8, 4) is 0 Å². The van der Waals surface area contributed by atoms with Crippen molar-refractivity contribution in [2.45, 2.75) is 78.1 Å². The molecule has 8 nitrogen and oxygen atoms in total. The number of carbonyl (C=O) groups excluding carboxylic acids is 4. The standard InChI is InChI=1S/C30H40N2O6/c1-3-5-6-7-8-9-10-11-12-16-27(33)32-26-15-13-14-24(21-26)30(36)38-22-28(34)31-25-19-17-23(18-20-25)29(35)37-4-2/h13-15,17-21H,3-12,16,22H2,1-2H3,(H,31,34)(H,32,33). The second kappa shape index (κ2) is 17.7. The molecule has 8 heteroatoms. The quantitative estimate of drug-likeness (QED) is 0.180. The summed E-state index contributed by atoms with van der Waals surface area (Å²) in [5, 5.41) is 5.42. The first-order valence-corrected chi connectivity index (χ1v) is 13.6. The molecular weight excluding hydrogens is 484 g/mol. The van der Waals surface area contributed by atoms with Crippen molar-refractivity contribution in [3.05, 3.63) is 59.7 Å². The van der Waals surface area contributed by atoms with E-state index < -0.39 is 24.5 Å². The van der Waals surface area contributed by atoms with Crippen molar-refractivity contribution in [1.82, 2.24) is 0 Å². The van der Waals surface area contributed by atoms with E-state index in [1.54, 1.807) is 37.3 Å². The molecule has 0 aliphatic heterocycles. The van der Waals surface area contributed by atoms with Gasteiger partial charge in [0.25, 0.3) is 5.91 Å². The van der Waals surface area contributed by atoms with E-state index >= 15 is 0 Å². The maximum Gasteiger partial charge on any atom is 0.338 e. The summed E-state index contributed by atoms with van der Waals surface area (Å²) in [6.07, 6.45) is 11.1. The summed E-state index contributed by atoms with van der Waals surface area (Å²) in [7, 11) is 0. The van der Waals surface area contributed by atoms with Gasteiger partial charge in [-0.25, -0.2) is 9.59 Å². The highest BCUT2D eigenvalue weighted by molar-refractivity contribution is 5.97. The fourth-order valence-electron chi connectivity index (χ4n) is 3.86. The third-order valence-electron chi connectivity index (χ3n) is 5.90. The first-order valence-electron chi connectivity index (χ1n) is 13.6. The smallest absolute Gasteiger partial charge is 0.338 e. The number of rotatable bonds is 17. The van der Waals surface area contributed by atoms with Crippen LogP contribution in [0, 0.1) is 0 Å². The predicted molar refractivity (Wildman–Crippen MR) is 148 cm³/mol. The van der Waals surface area contributed by atoms with Gasteiger partial charge in [-0.15, -0.1) is 0 Å². The van der Waals surface area contributed by atoms with Crippen molar-refractivity contribution < 1.29 is 28.7 Å². The summed E-state index contributed by atoms with van der Waals surface area (Å²) >= 11 is 0. The number of unbranched alkanes of at least 4 members (excludes halogenated alkanes) is 8. The predicted octanol–water partition coefficient (Wildman–Crippen LogP) is 6.52. The Morgan fingerprint density at radius 3 is 1.89 bits per heavy atom. The van der Waals surface area contributed by atoms with Gasteiger partial charge in [0.05, 0.1) is 17.7 Å². The molecule has 0 saturated carbocycles. The van der Waals surface area contributed by atoms with Gasteiger partial charge in [-0.2, -0.15) is 0 Å². The van der Waals surface area contributed by atoms with Crippen LogP contribution in [0.4, 0.5) is 11.4 Å². The van der Waals surface area contributed by atoms with Crippen LogP contribution in [-0.4, -0.2) is 37.0 Å². The molecule has 0 saturated heterocycles. The normalized spacial score (nSPS) is 10.5. The van der Waals surface area contributed by atoms with Gasteiger partial charge in [0, 0.05) is 17.8 Å². The maximum absolute atomic E-state index is 12.4. The number of nitrogens with one attached hydrogen (secondary N) is 2. The van der Waals surface area contributed by atoms with Crippen molar-refractivity contribution in [3.63, 3.8) is 0 Å². The molecule has 0 bridgehead atoms. The van der Waals surface area contributed by atoms with Gasteiger partial charge in [0.15, 0.2) is 6.61 Å². The van der Waals surface area contributed by atoms with E-state index in [1.165, 1.54) is 56.7 Å². The Kier molecular flexibility index (Phi) is 14.2. The van der Waals surface area contributed by atoms with Crippen LogP contribution < -0.4 is 10.6 Å². The Balaban J connectivity index is 1.69. The van der Waals surface area contributed by atoms with Crippen molar-refractivity contribution >= 4 is 35.1 Å². The molecule has 2 aromatic rings. The Morgan fingerprint density at radius 2 is 1.24 bits per heavy atom. The SMILES string of the molecule is CCCCCCCCCCCC(=O)Nc1cccc(C(=O)OCC(=O)Nc2ccc(C(=O)OCC)cc2)c1. The van der Waals surface area contributed by atoms with Crippen molar-refractivity contribution in [2.75, 3.05) is 23.8 Å². The van der Waals surface area contributed by atoms with Crippen LogP contribution in [-0.2, 0) is 19.1 Å². The molecule has 0 aromatic heterocycles. The van der Waals surface area contributed by atoms with Gasteiger partial charge >= 0.3 is 11.9 Å². The average molecular weight is 525 g/mol. The Hall–Kier alpha value is -3.68. The van der Waals surface area contributed by atoms with Crippen LogP contribution in [0.5, 0.6) is 0 Å². The molecule has 0 unspecified atom stereocenters. The third-order valence-corrected chi connectivity index (χ3v) is 5.90. The lowest BCUT2D eigenvalue weighted by Gasteiger charge is -2.09. The Morgan fingerprint density at radius 1 is 0.632 bits per heavy atom.